The van der Waals surface area contributed by atoms with Crippen LogP contribution in [0.1, 0.15) is 17.5 Å². The molecule has 2 N–H and O–H groups in total. The molecular weight excluding hydrogens is 418 g/mol. The molecule has 1 saturated heterocycles. The third-order valence-electron chi connectivity index (χ3n) is 6.40. The highest BCUT2D eigenvalue weighted by atomic mass is 32.1. The number of fused-ring (bicyclic) bond motifs is 2. The van der Waals surface area contributed by atoms with Crippen LogP contribution in [0, 0.1) is 0 Å². The van der Waals surface area contributed by atoms with Crippen molar-refractivity contribution >= 4 is 38.4 Å². The van der Waals surface area contributed by atoms with Gasteiger partial charge in [0, 0.05) is 49.8 Å². The molecule has 0 aliphatic carbocycles. The van der Waals surface area contributed by atoms with E-state index in [4.69, 9.17) is 4.98 Å². The SMILES string of the molecule is CC(C(=O)NCCc1c[nH]c2ccccc12)N1CCN(Cc2nc3ccccc3s2)CC1. The van der Waals surface area contributed by atoms with E-state index < -0.39 is 0 Å². The van der Waals surface area contributed by atoms with E-state index in [2.05, 4.69) is 56.5 Å². The highest BCUT2D eigenvalue weighted by molar-refractivity contribution is 7.18. The lowest BCUT2D eigenvalue weighted by molar-refractivity contribution is -0.126. The molecular formula is C25H29N5OS. The van der Waals surface area contributed by atoms with E-state index in [-0.39, 0.29) is 11.9 Å². The molecule has 6 nitrogen and oxygen atoms in total. The predicted octanol–water partition coefficient (Wildman–Crippen LogP) is 3.64. The number of carbonyl (C=O) groups is 1. The Kier molecular flexibility index (Phi) is 6.21. The number of para-hydroxylation sites is 2. The van der Waals surface area contributed by atoms with E-state index in [1.807, 2.05) is 25.3 Å². The predicted molar refractivity (Wildman–Crippen MR) is 131 cm³/mol. The van der Waals surface area contributed by atoms with Crippen LogP contribution in [0.5, 0.6) is 0 Å². The molecule has 2 aromatic heterocycles. The highest BCUT2D eigenvalue weighted by Gasteiger charge is 2.25. The van der Waals surface area contributed by atoms with Crippen LogP contribution in [-0.4, -0.2) is 64.4 Å². The summed E-state index contributed by atoms with van der Waals surface area (Å²) in [6.07, 6.45) is 2.88. The summed E-state index contributed by atoms with van der Waals surface area (Å²) in [5.74, 6) is 0.115. The number of benzene rings is 2. The number of H-pyrrole nitrogens is 1. The molecule has 0 bridgehead atoms. The summed E-state index contributed by atoms with van der Waals surface area (Å²) in [4.78, 5) is 25.5. The van der Waals surface area contributed by atoms with Crippen LogP contribution in [0.3, 0.4) is 0 Å². The Morgan fingerprint density at radius 1 is 1.12 bits per heavy atom. The highest BCUT2D eigenvalue weighted by Crippen LogP contribution is 2.23. The van der Waals surface area contributed by atoms with Crippen molar-refractivity contribution in [3.63, 3.8) is 0 Å². The van der Waals surface area contributed by atoms with E-state index >= 15 is 0 Å². The number of nitrogens with zero attached hydrogens (tertiary/aromatic N) is 3. The Bertz CT molecular complexity index is 1170. The molecule has 1 aliphatic heterocycles. The summed E-state index contributed by atoms with van der Waals surface area (Å²) < 4.78 is 1.25. The molecule has 1 atom stereocenters. The smallest absolute Gasteiger partial charge is 0.237 e. The molecule has 32 heavy (non-hydrogen) atoms. The van der Waals surface area contributed by atoms with Crippen LogP contribution in [0.15, 0.2) is 54.7 Å². The monoisotopic (exact) mass is 447 g/mol. The van der Waals surface area contributed by atoms with Crippen molar-refractivity contribution in [2.24, 2.45) is 0 Å². The molecule has 2 aromatic carbocycles. The summed E-state index contributed by atoms with van der Waals surface area (Å²) in [6, 6.07) is 16.5. The van der Waals surface area contributed by atoms with Crippen molar-refractivity contribution in [1.29, 1.82) is 0 Å². The lowest BCUT2D eigenvalue weighted by atomic mass is 10.1. The fourth-order valence-electron chi connectivity index (χ4n) is 4.46. The molecule has 5 rings (SSSR count). The van der Waals surface area contributed by atoms with Gasteiger partial charge >= 0.3 is 0 Å². The molecule has 1 amide bonds. The van der Waals surface area contributed by atoms with Gasteiger partial charge in [0.2, 0.25) is 5.91 Å². The van der Waals surface area contributed by atoms with Crippen molar-refractivity contribution < 1.29 is 4.79 Å². The van der Waals surface area contributed by atoms with Crippen molar-refractivity contribution in [2.45, 2.75) is 25.9 Å². The van der Waals surface area contributed by atoms with Gasteiger partial charge in [-0.25, -0.2) is 4.98 Å². The quantitative estimate of drug-likeness (QED) is 0.454. The Hall–Kier alpha value is -2.74. The van der Waals surface area contributed by atoms with Crippen LogP contribution in [0.2, 0.25) is 0 Å². The number of piperazine rings is 1. The van der Waals surface area contributed by atoms with Crippen LogP contribution in [0.4, 0.5) is 0 Å². The van der Waals surface area contributed by atoms with E-state index in [0.717, 1.165) is 50.2 Å². The van der Waals surface area contributed by atoms with Gasteiger partial charge in [-0.3, -0.25) is 14.6 Å². The van der Waals surface area contributed by atoms with Crippen molar-refractivity contribution in [2.75, 3.05) is 32.7 Å². The first kappa shape index (κ1) is 21.1. The topological polar surface area (TPSA) is 64.3 Å². The summed E-state index contributed by atoms with van der Waals surface area (Å²) in [6.45, 7) is 7.29. The fourth-order valence-corrected chi connectivity index (χ4v) is 5.47. The minimum atomic E-state index is -0.109. The Balaban J connectivity index is 1.08. The lowest BCUT2D eigenvalue weighted by Crippen LogP contribution is -2.53. The summed E-state index contributed by atoms with van der Waals surface area (Å²) >= 11 is 1.78. The van der Waals surface area contributed by atoms with Crippen LogP contribution < -0.4 is 5.32 Å². The molecule has 0 radical (unpaired) electrons. The molecule has 7 heteroatoms. The van der Waals surface area contributed by atoms with E-state index in [0.29, 0.717) is 6.54 Å². The van der Waals surface area contributed by atoms with Gasteiger partial charge in [-0.1, -0.05) is 30.3 Å². The average molecular weight is 448 g/mol. The van der Waals surface area contributed by atoms with Gasteiger partial charge in [0.05, 0.1) is 22.8 Å². The third kappa shape index (κ3) is 4.55. The Morgan fingerprint density at radius 3 is 2.75 bits per heavy atom. The molecule has 166 valence electrons. The zero-order valence-corrected chi connectivity index (χ0v) is 19.2. The van der Waals surface area contributed by atoms with Gasteiger partial charge < -0.3 is 10.3 Å². The van der Waals surface area contributed by atoms with Gasteiger partial charge in [0.15, 0.2) is 0 Å². The van der Waals surface area contributed by atoms with E-state index in [1.165, 1.54) is 20.7 Å². The largest absolute Gasteiger partial charge is 0.361 e. The van der Waals surface area contributed by atoms with Gasteiger partial charge in [-0.15, -0.1) is 11.3 Å². The number of hydrogen-bond acceptors (Lipinski definition) is 5. The first-order valence-electron chi connectivity index (χ1n) is 11.3. The molecule has 1 aliphatic rings. The van der Waals surface area contributed by atoms with E-state index in [9.17, 15) is 4.79 Å². The van der Waals surface area contributed by atoms with Crippen molar-refractivity contribution in [1.82, 2.24) is 25.1 Å². The number of hydrogen-bond donors (Lipinski definition) is 2. The zero-order chi connectivity index (χ0) is 21.9. The van der Waals surface area contributed by atoms with Gasteiger partial charge in [-0.05, 0) is 37.1 Å². The summed E-state index contributed by atoms with van der Waals surface area (Å²) in [5.41, 5.74) is 3.48. The molecule has 0 spiro atoms. The number of amides is 1. The minimum absolute atomic E-state index is 0.109. The molecule has 1 unspecified atom stereocenters. The van der Waals surface area contributed by atoms with Crippen LogP contribution in [0.25, 0.3) is 21.1 Å². The van der Waals surface area contributed by atoms with E-state index in [1.54, 1.807) is 11.3 Å². The fraction of sp³-hybridized carbons (Fsp3) is 0.360. The minimum Gasteiger partial charge on any atom is -0.361 e. The number of thiazole rings is 1. The second kappa shape index (κ2) is 9.40. The first-order chi connectivity index (χ1) is 15.7. The molecule has 1 fully saturated rings. The first-order valence-corrected chi connectivity index (χ1v) is 12.1. The van der Waals surface area contributed by atoms with Gasteiger partial charge in [0.25, 0.3) is 0 Å². The van der Waals surface area contributed by atoms with Gasteiger partial charge in [-0.2, -0.15) is 0 Å². The maximum Gasteiger partial charge on any atom is 0.237 e. The number of aromatic amines is 1. The number of nitrogens with one attached hydrogen (secondary N) is 2. The Labute approximate surface area is 192 Å². The second-order valence-corrected chi connectivity index (χ2v) is 9.58. The van der Waals surface area contributed by atoms with Crippen molar-refractivity contribution in [3.8, 4) is 0 Å². The standard InChI is InChI=1S/C25H29N5OS/c1-18(25(31)26-11-10-19-16-27-21-7-3-2-6-20(19)21)30-14-12-29(13-15-30)17-24-28-22-8-4-5-9-23(22)32-24/h2-9,16,18,27H,10-15,17H2,1H3,(H,26,31). The zero-order valence-electron chi connectivity index (χ0n) is 18.4. The normalized spacial score (nSPS) is 16.5. The van der Waals surface area contributed by atoms with Crippen molar-refractivity contribution in [3.05, 3.63) is 65.3 Å². The van der Waals surface area contributed by atoms with Crippen LogP contribution in [-0.2, 0) is 17.8 Å². The second-order valence-electron chi connectivity index (χ2n) is 8.46. The molecule has 3 heterocycles. The molecule has 0 saturated carbocycles. The third-order valence-corrected chi connectivity index (χ3v) is 7.42. The van der Waals surface area contributed by atoms with Gasteiger partial charge in [0.1, 0.15) is 5.01 Å². The molecule has 4 aromatic rings. The lowest BCUT2D eigenvalue weighted by Gasteiger charge is -2.37. The van der Waals surface area contributed by atoms with Crippen LogP contribution >= 0.6 is 11.3 Å². The average Bonchev–Trinajstić information content (AvgIpc) is 3.42. The maximum absolute atomic E-state index is 12.7. The summed E-state index contributed by atoms with van der Waals surface area (Å²) in [7, 11) is 0. The Morgan fingerprint density at radius 2 is 1.91 bits per heavy atom. The number of rotatable bonds is 7. The maximum atomic E-state index is 12.7. The number of carbonyl (C=O) groups excluding carboxylic acids is 1. The summed E-state index contributed by atoms with van der Waals surface area (Å²) in [5, 5.41) is 5.54. The number of aromatic nitrogens is 2.